The lowest BCUT2D eigenvalue weighted by atomic mass is 10.1. The summed E-state index contributed by atoms with van der Waals surface area (Å²) < 4.78 is 12.7. The van der Waals surface area contributed by atoms with Crippen molar-refractivity contribution in [1.29, 1.82) is 5.26 Å². The van der Waals surface area contributed by atoms with E-state index in [4.69, 9.17) is 9.47 Å². The first kappa shape index (κ1) is 26.8. The molecule has 0 fully saturated rings. The number of nitro groups is 1. The second-order valence-electron chi connectivity index (χ2n) is 8.80. The van der Waals surface area contributed by atoms with Crippen molar-refractivity contribution in [3.63, 3.8) is 0 Å². The van der Waals surface area contributed by atoms with Crippen molar-refractivity contribution in [3.8, 4) is 29.0 Å². The normalized spacial score (nSPS) is 10.9. The summed E-state index contributed by atoms with van der Waals surface area (Å²) >= 11 is 0. The second-order valence-corrected chi connectivity index (χ2v) is 8.80. The SMILES string of the molecule is CCOc1cc(C=Nn2c(-c3ccccc3)nc3ccccc3c2=O)cc([N+](=O)[O-])c1OCc1ccccc1C#N. The molecule has 0 saturated heterocycles. The molecule has 0 aliphatic carbocycles. The van der Waals surface area contributed by atoms with Gasteiger partial charge in [-0.05, 0) is 31.2 Å². The van der Waals surface area contributed by atoms with Crippen LogP contribution in [0.25, 0.3) is 22.3 Å². The first-order valence-electron chi connectivity index (χ1n) is 12.7. The van der Waals surface area contributed by atoms with E-state index in [0.29, 0.717) is 39.0 Å². The highest BCUT2D eigenvalue weighted by atomic mass is 16.6. The standard InChI is InChI=1S/C31H23N5O5/c1-2-40-28-17-21(16-27(36(38)39)29(28)41-20-24-13-7-6-12-23(24)18-32)19-33-35-30(22-10-4-3-5-11-22)34-26-15-9-8-14-25(26)31(35)37/h3-17,19H,2,20H2,1H3. The summed E-state index contributed by atoms with van der Waals surface area (Å²) in [5.74, 6) is 0.377. The van der Waals surface area contributed by atoms with Crippen molar-refractivity contribution in [2.75, 3.05) is 6.61 Å². The largest absolute Gasteiger partial charge is 0.490 e. The maximum atomic E-state index is 13.4. The van der Waals surface area contributed by atoms with E-state index in [0.717, 1.165) is 0 Å². The van der Waals surface area contributed by atoms with Gasteiger partial charge in [-0.15, -0.1) is 0 Å². The molecule has 0 atom stereocenters. The summed E-state index contributed by atoms with van der Waals surface area (Å²) in [5.41, 5.74) is 1.76. The van der Waals surface area contributed by atoms with Crippen LogP contribution in [0.3, 0.4) is 0 Å². The average molecular weight is 546 g/mol. The smallest absolute Gasteiger partial charge is 0.315 e. The molecule has 0 radical (unpaired) electrons. The highest BCUT2D eigenvalue weighted by Gasteiger charge is 2.23. The Kier molecular flexibility index (Phi) is 7.79. The van der Waals surface area contributed by atoms with Gasteiger partial charge in [-0.1, -0.05) is 60.7 Å². The summed E-state index contributed by atoms with van der Waals surface area (Å²) in [5, 5.41) is 26.3. The lowest BCUT2D eigenvalue weighted by molar-refractivity contribution is -0.386. The van der Waals surface area contributed by atoms with Gasteiger partial charge in [-0.25, -0.2) is 4.98 Å². The van der Waals surface area contributed by atoms with Gasteiger partial charge >= 0.3 is 5.69 Å². The van der Waals surface area contributed by atoms with E-state index in [1.54, 1.807) is 61.5 Å². The van der Waals surface area contributed by atoms with Gasteiger partial charge in [-0.2, -0.15) is 15.0 Å². The molecule has 202 valence electrons. The van der Waals surface area contributed by atoms with Crippen LogP contribution >= 0.6 is 0 Å². The Hall–Kier alpha value is -5.82. The Labute approximate surface area is 234 Å². The lowest BCUT2D eigenvalue weighted by Gasteiger charge is -2.14. The number of para-hydroxylation sites is 1. The maximum absolute atomic E-state index is 13.4. The van der Waals surface area contributed by atoms with Crippen LogP contribution in [0.15, 0.2) is 101 Å². The van der Waals surface area contributed by atoms with Gasteiger partial charge in [0.15, 0.2) is 11.6 Å². The number of fused-ring (bicyclic) bond motifs is 1. The van der Waals surface area contributed by atoms with Gasteiger partial charge in [0.1, 0.15) is 6.61 Å². The molecule has 5 rings (SSSR count). The number of benzene rings is 4. The number of ether oxygens (including phenoxy) is 2. The van der Waals surface area contributed by atoms with Crippen LogP contribution in [0, 0.1) is 21.4 Å². The Morgan fingerprint density at radius 2 is 1.76 bits per heavy atom. The van der Waals surface area contributed by atoms with E-state index in [-0.39, 0.29) is 36.0 Å². The number of hydrogen-bond donors (Lipinski definition) is 0. The van der Waals surface area contributed by atoms with E-state index in [2.05, 4.69) is 16.2 Å². The van der Waals surface area contributed by atoms with Crippen LogP contribution in [-0.4, -0.2) is 27.4 Å². The Bertz CT molecular complexity index is 1880. The minimum atomic E-state index is -0.579. The molecule has 0 aliphatic rings. The highest BCUT2D eigenvalue weighted by Crippen LogP contribution is 2.39. The minimum absolute atomic E-state index is 0.0727. The topological polar surface area (TPSA) is 133 Å². The molecule has 4 aromatic carbocycles. The van der Waals surface area contributed by atoms with Crippen LogP contribution in [0.2, 0.25) is 0 Å². The molecule has 10 nitrogen and oxygen atoms in total. The fraction of sp³-hybridized carbons (Fsp3) is 0.0968. The zero-order valence-corrected chi connectivity index (χ0v) is 21.9. The Balaban J connectivity index is 1.59. The molecule has 0 N–H and O–H groups in total. The van der Waals surface area contributed by atoms with E-state index in [1.165, 1.54) is 17.0 Å². The second kappa shape index (κ2) is 11.9. The average Bonchev–Trinajstić information content (AvgIpc) is 3.00. The highest BCUT2D eigenvalue weighted by molar-refractivity contribution is 5.84. The van der Waals surface area contributed by atoms with Gasteiger partial charge in [-0.3, -0.25) is 14.9 Å². The zero-order valence-electron chi connectivity index (χ0n) is 21.9. The fourth-order valence-electron chi connectivity index (χ4n) is 4.26. The van der Waals surface area contributed by atoms with Gasteiger partial charge in [0.2, 0.25) is 5.75 Å². The number of hydrogen-bond acceptors (Lipinski definition) is 8. The number of rotatable bonds is 9. The zero-order chi connectivity index (χ0) is 28.8. The van der Waals surface area contributed by atoms with Crippen molar-refractivity contribution >= 4 is 22.8 Å². The first-order valence-corrected chi connectivity index (χ1v) is 12.7. The van der Waals surface area contributed by atoms with E-state index in [1.807, 2.05) is 30.3 Å². The van der Waals surface area contributed by atoms with Crippen LogP contribution in [0.1, 0.15) is 23.6 Å². The van der Waals surface area contributed by atoms with E-state index >= 15 is 0 Å². The monoisotopic (exact) mass is 545 g/mol. The number of aromatic nitrogens is 2. The predicted molar refractivity (Wildman–Crippen MR) is 154 cm³/mol. The molecule has 41 heavy (non-hydrogen) atoms. The summed E-state index contributed by atoms with van der Waals surface area (Å²) in [6.07, 6.45) is 1.34. The molecule has 0 bridgehead atoms. The summed E-state index contributed by atoms with van der Waals surface area (Å²) in [6.45, 7) is 1.89. The molecule has 0 spiro atoms. The quantitative estimate of drug-likeness (QED) is 0.132. The maximum Gasteiger partial charge on any atom is 0.315 e. The van der Waals surface area contributed by atoms with Crippen molar-refractivity contribution in [2.24, 2.45) is 5.10 Å². The van der Waals surface area contributed by atoms with E-state index < -0.39 is 4.92 Å². The van der Waals surface area contributed by atoms with Gasteiger partial charge in [0.05, 0.1) is 40.3 Å². The van der Waals surface area contributed by atoms with Gasteiger partial charge in [0, 0.05) is 22.8 Å². The molecular formula is C31H23N5O5. The van der Waals surface area contributed by atoms with Crippen molar-refractivity contribution in [1.82, 2.24) is 9.66 Å². The van der Waals surface area contributed by atoms with Gasteiger partial charge < -0.3 is 9.47 Å². The molecule has 1 aromatic heterocycles. The molecule has 1 heterocycles. The molecule has 0 saturated carbocycles. The third-order valence-electron chi connectivity index (χ3n) is 6.17. The number of nitrogens with zero attached hydrogens (tertiary/aromatic N) is 5. The third kappa shape index (κ3) is 5.65. The van der Waals surface area contributed by atoms with Gasteiger partial charge in [0.25, 0.3) is 5.56 Å². The van der Waals surface area contributed by atoms with Crippen molar-refractivity contribution < 1.29 is 14.4 Å². The lowest BCUT2D eigenvalue weighted by Crippen LogP contribution is -2.20. The fourth-order valence-corrected chi connectivity index (χ4v) is 4.26. The van der Waals surface area contributed by atoms with Crippen LogP contribution < -0.4 is 15.0 Å². The van der Waals surface area contributed by atoms with Crippen LogP contribution in [0.5, 0.6) is 11.5 Å². The Morgan fingerprint density at radius 3 is 2.51 bits per heavy atom. The summed E-state index contributed by atoms with van der Waals surface area (Å²) in [7, 11) is 0. The van der Waals surface area contributed by atoms with E-state index in [9.17, 15) is 20.2 Å². The predicted octanol–water partition coefficient (Wildman–Crippen LogP) is 5.70. The van der Waals surface area contributed by atoms with Crippen LogP contribution in [0.4, 0.5) is 5.69 Å². The Morgan fingerprint density at radius 1 is 1.02 bits per heavy atom. The van der Waals surface area contributed by atoms with Crippen LogP contribution in [-0.2, 0) is 6.61 Å². The summed E-state index contributed by atoms with van der Waals surface area (Å²) in [6, 6.07) is 27.9. The molecule has 0 unspecified atom stereocenters. The number of nitriles is 1. The van der Waals surface area contributed by atoms with Crippen molar-refractivity contribution in [2.45, 2.75) is 13.5 Å². The molecule has 0 aliphatic heterocycles. The first-order chi connectivity index (χ1) is 20.0. The summed E-state index contributed by atoms with van der Waals surface area (Å²) in [4.78, 5) is 29.6. The molecule has 0 amide bonds. The molecule has 10 heteroatoms. The van der Waals surface area contributed by atoms with Crippen molar-refractivity contribution in [3.05, 3.63) is 128 Å². The minimum Gasteiger partial charge on any atom is -0.490 e. The molecule has 5 aromatic rings. The molecular weight excluding hydrogens is 522 g/mol. The number of nitro benzene ring substituents is 1. The third-order valence-corrected chi connectivity index (χ3v) is 6.17.